The highest BCUT2D eigenvalue weighted by atomic mass is 32.1. The second-order valence-corrected chi connectivity index (χ2v) is 5.27. The second kappa shape index (κ2) is 6.21. The van der Waals surface area contributed by atoms with Gasteiger partial charge in [-0.25, -0.2) is 13.2 Å². The summed E-state index contributed by atoms with van der Waals surface area (Å²) in [4.78, 5) is 1.16. The van der Waals surface area contributed by atoms with Crippen molar-refractivity contribution >= 4 is 11.3 Å². The molecule has 1 atom stereocenters. The van der Waals surface area contributed by atoms with Crippen LogP contribution in [0, 0.1) is 17.5 Å². The van der Waals surface area contributed by atoms with E-state index in [4.69, 9.17) is 0 Å². The van der Waals surface area contributed by atoms with Gasteiger partial charge >= 0.3 is 0 Å². The monoisotopic (exact) mass is 285 g/mol. The first kappa shape index (κ1) is 14.1. The number of benzene rings is 1. The smallest absolute Gasteiger partial charge is 0.133 e. The maximum Gasteiger partial charge on any atom is 0.133 e. The lowest BCUT2D eigenvalue weighted by atomic mass is 10.0. The average Bonchev–Trinajstić information content (AvgIpc) is 2.85. The number of thiophene rings is 1. The van der Waals surface area contributed by atoms with E-state index >= 15 is 0 Å². The van der Waals surface area contributed by atoms with Gasteiger partial charge in [-0.1, -0.05) is 6.07 Å². The van der Waals surface area contributed by atoms with Gasteiger partial charge in [0.15, 0.2) is 0 Å². The van der Waals surface area contributed by atoms with Crippen LogP contribution in [0.3, 0.4) is 0 Å². The Morgan fingerprint density at radius 3 is 2.42 bits per heavy atom. The Balaban J connectivity index is 2.17. The van der Waals surface area contributed by atoms with Crippen LogP contribution in [0.2, 0.25) is 0 Å². The average molecular weight is 285 g/mol. The van der Waals surface area contributed by atoms with E-state index < -0.39 is 23.5 Å². The number of hydrogen-bond acceptors (Lipinski definition) is 2. The summed E-state index contributed by atoms with van der Waals surface area (Å²) in [6, 6.07) is 4.88. The van der Waals surface area contributed by atoms with E-state index in [2.05, 4.69) is 5.32 Å². The van der Waals surface area contributed by atoms with Crippen LogP contribution in [0.1, 0.15) is 22.9 Å². The Hall–Kier alpha value is -1.33. The van der Waals surface area contributed by atoms with Crippen LogP contribution in [0.4, 0.5) is 13.2 Å². The number of rotatable bonds is 5. The van der Waals surface area contributed by atoms with Crippen LogP contribution in [-0.4, -0.2) is 7.05 Å². The Labute approximate surface area is 114 Å². The van der Waals surface area contributed by atoms with Gasteiger partial charge in [-0.3, -0.25) is 0 Å². The normalized spacial score (nSPS) is 12.6. The van der Waals surface area contributed by atoms with E-state index in [9.17, 15) is 13.2 Å². The fourth-order valence-corrected chi connectivity index (χ4v) is 2.79. The van der Waals surface area contributed by atoms with Gasteiger partial charge in [-0.05, 0) is 31.3 Å². The van der Waals surface area contributed by atoms with Crippen molar-refractivity contribution in [2.24, 2.45) is 0 Å². The summed E-state index contributed by atoms with van der Waals surface area (Å²) in [5, 5.41) is 4.85. The van der Waals surface area contributed by atoms with Gasteiger partial charge in [-0.15, -0.1) is 11.3 Å². The van der Waals surface area contributed by atoms with Crippen molar-refractivity contribution in [2.75, 3.05) is 7.05 Å². The van der Waals surface area contributed by atoms with E-state index in [1.165, 1.54) is 0 Å². The number of aryl methyl sites for hydroxylation is 1. The highest BCUT2D eigenvalue weighted by Gasteiger charge is 2.20. The molecule has 0 saturated carbocycles. The minimum absolute atomic E-state index is 0.0968. The first-order valence-corrected chi connectivity index (χ1v) is 6.84. The fraction of sp³-hybridized carbons (Fsp3) is 0.286. The third-order valence-corrected chi connectivity index (χ3v) is 3.94. The van der Waals surface area contributed by atoms with E-state index in [1.54, 1.807) is 18.4 Å². The van der Waals surface area contributed by atoms with Crippen molar-refractivity contribution in [1.29, 1.82) is 0 Å². The number of hydrogen-bond donors (Lipinski definition) is 1. The zero-order valence-corrected chi connectivity index (χ0v) is 11.2. The molecule has 1 N–H and O–H groups in total. The molecule has 0 aliphatic rings. The van der Waals surface area contributed by atoms with E-state index in [-0.39, 0.29) is 5.56 Å². The minimum atomic E-state index is -0.896. The largest absolute Gasteiger partial charge is 0.313 e. The van der Waals surface area contributed by atoms with Crippen LogP contribution < -0.4 is 5.32 Å². The lowest BCUT2D eigenvalue weighted by molar-refractivity contribution is 0.461. The maximum absolute atomic E-state index is 13.7. The molecule has 102 valence electrons. The summed E-state index contributed by atoms with van der Waals surface area (Å²) < 4.78 is 40.3. The molecule has 0 radical (unpaired) electrons. The van der Waals surface area contributed by atoms with Crippen LogP contribution >= 0.6 is 11.3 Å². The second-order valence-electron chi connectivity index (χ2n) is 4.24. The molecular weight excluding hydrogens is 271 g/mol. The molecule has 1 aromatic heterocycles. The van der Waals surface area contributed by atoms with Gasteiger partial charge in [-0.2, -0.15) is 0 Å². The molecule has 1 aromatic carbocycles. The SMILES string of the molecule is CNC(CCc1cccs1)c1c(F)cc(F)cc1F. The van der Waals surface area contributed by atoms with Crippen molar-refractivity contribution < 1.29 is 13.2 Å². The van der Waals surface area contributed by atoms with Crippen LogP contribution in [0.15, 0.2) is 29.6 Å². The summed E-state index contributed by atoms with van der Waals surface area (Å²) in [6.45, 7) is 0. The van der Waals surface area contributed by atoms with Crippen molar-refractivity contribution in [1.82, 2.24) is 5.32 Å². The van der Waals surface area contributed by atoms with Crippen molar-refractivity contribution in [3.8, 4) is 0 Å². The molecule has 0 saturated heterocycles. The third-order valence-electron chi connectivity index (χ3n) is 3.00. The van der Waals surface area contributed by atoms with Gasteiger partial charge in [0.05, 0.1) is 0 Å². The van der Waals surface area contributed by atoms with Crippen molar-refractivity contribution in [3.63, 3.8) is 0 Å². The first-order chi connectivity index (χ1) is 9.11. The van der Waals surface area contributed by atoms with Gasteiger partial charge in [0, 0.05) is 28.6 Å². The summed E-state index contributed by atoms with van der Waals surface area (Å²) in [5.41, 5.74) is -0.0968. The van der Waals surface area contributed by atoms with Gasteiger partial charge in [0.25, 0.3) is 0 Å². The zero-order valence-electron chi connectivity index (χ0n) is 10.4. The summed E-state index contributed by atoms with van der Waals surface area (Å²) in [5.74, 6) is -2.59. The zero-order chi connectivity index (χ0) is 13.8. The lowest BCUT2D eigenvalue weighted by Crippen LogP contribution is -2.20. The number of halogens is 3. The number of nitrogens with one attached hydrogen (secondary N) is 1. The summed E-state index contributed by atoms with van der Waals surface area (Å²) in [6.07, 6.45) is 1.27. The molecule has 0 spiro atoms. The predicted molar refractivity (Wildman–Crippen MR) is 70.8 cm³/mol. The molecule has 1 nitrogen and oxygen atoms in total. The molecule has 0 bridgehead atoms. The standard InChI is InChI=1S/C14H14F3NS/c1-18-13(5-4-10-3-2-6-19-10)14-11(16)7-9(15)8-12(14)17/h2-3,6-8,13,18H,4-5H2,1H3. The van der Waals surface area contributed by atoms with Gasteiger partial charge < -0.3 is 5.32 Å². The third kappa shape index (κ3) is 3.36. The molecule has 2 rings (SSSR count). The van der Waals surface area contributed by atoms with Gasteiger partial charge in [0.1, 0.15) is 17.5 Å². The predicted octanol–water partition coefficient (Wildman–Crippen LogP) is 4.06. The molecule has 0 amide bonds. The van der Waals surface area contributed by atoms with Gasteiger partial charge in [0.2, 0.25) is 0 Å². The first-order valence-electron chi connectivity index (χ1n) is 5.96. The molecule has 19 heavy (non-hydrogen) atoms. The van der Waals surface area contributed by atoms with Crippen LogP contribution in [0.5, 0.6) is 0 Å². The quantitative estimate of drug-likeness (QED) is 0.873. The molecule has 2 aromatic rings. The van der Waals surface area contributed by atoms with E-state index in [0.29, 0.717) is 18.6 Å². The Bertz CT molecular complexity index is 517. The molecule has 5 heteroatoms. The van der Waals surface area contributed by atoms with E-state index in [1.807, 2.05) is 17.5 Å². The highest BCUT2D eigenvalue weighted by molar-refractivity contribution is 7.09. The van der Waals surface area contributed by atoms with Crippen molar-refractivity contribution in [2.45, 2.75) is 18.9 Å². The highest BCUT2D eigenvalue weighted by Crippen LogP contribution is 2.26. The molecule has 0 fully saturated rings. The maximum atomic E-state index is 13.7. The lowest BCUT2D eigenvalue weighted by Gasteiger charge is -2.17. The Morgan fingerprint density at radius 1 is 1.21 bits per heavy atom. The molecular formula is C14H14F3NS. The van der Waals surface area contributed by atoms with Crippen LogP contribution in [0.25, 0.3) is 0 Å². The Kier molecular flexibility index (Phi) is 4.61. The fourth-order valence-electron chi connectivity index (χ4n) is 2.06. The summed E-state index contributed by atoms with van der Waals surface area (Å²) in [7, 11) is 1.64. The molecule has 0 aliphatic heterocycles. The molecule has 1 unspecified atom stereocenters. The summed E-state index contributed by atoms with van der Waals surface area (Å²) >= 11 is 1.61. The topological polar surface area (TPSA) is 12.0 Å². The molecule has 0 aliphatic carbocycles. The Morgan fingerprint density at radius 2 is 1.89 bits per heavy atom. The van der Waals surface area contributed by atoms with E-state index in [0.717, 1.165) is 11.3 Å². The van der Waals surface area contributed by atoms with Crippen LogP contribution in [-0.2, 0) is 6.42 Å². The van der Waals surface area contributed by atoms with Crippen molar-refractivity contribution in [3.05, 3.63) is 57.5 Å². The molecule has 1 heterocycles. The minimum Gasteiger partial charge on any atom is -0.313 e.